The Hall–Kier alpha value is -1.52. The van der Waals surface area contributed by atoms with Gasteiger partial charge in [0.25, 0.3) is 0 Å². The summed E-state index contributed by atoms with van der Waals surface area (Å²) < 4.78 is 0. The summed E-state index contributed by atoms with van der Waals surface area (Å²) in [6.45, 7) is 0. The van der Waals surface area contributed by atoms with Crippen LogP contribution in [0.1, 0.15) is 5.56 Å². The summed E-state index contributed by atoms with van der Waals surface area (Å²) >= 11 is 0.980. The van der Waals surface area contributed by atoms with Gasteiger partial charge in [0.1, 0.15) is 16.5 Å². The van der Waals surface area contributed by atoms with Crippen molar-refractivity contribution in [3.8, 4) is 11.5 Å². The number of pyridine rings is 1. The van der Waals surface area contributed by atoms with Crippen LogP contribution in [0.25, 0.3) is 0 Å². The lowest BCUT2D eigenvalue weighted by Crippen LogP contribution is -1.79. The zero-order valence-electron chi connectivity index (χ0n) is 5.48. The molecule has 0 atom stereocenters. The molecule has 0 fully saturated rings. The van der Waals surface area contributed by atoms with Crippen molar-refractivity contribution in [3.63, 3.8) is 0 Å². The van der Waals surface area contributed by atoms with Crippen LogP contribution in [0.5, 0.6) is 0 Å². The SMILES string of the molecule is N#CSc1ccc(C#N)cn1. The zero-order chi connectivity index (χ0) is 8.10. The predicted molar refractivity (Wildman–Crippen MR) is 40.4 cm³/mol. The molecule has 1 aromatic rings. The molecule has 4 heteroatoms. The maximum Gasteiger partial charge on any atom is 0.140 e. The lowest BCUT2D eigenvalue weighted by Gasteiger charge is -1.89. The molecule has 1 rings (SSSR count). The van der Waals surface area contributed by atoms with Crippen molar-refractivity contribution in [2.75, 3.05) is 0 Å². The Balaban J connectivity index is 2.87. The predicted octanol–water partition coefficient (Wildman–Crippen LogP) is 1.53. The van der Waals surface area contributed by atoms with Crippen molar-refractivity contribution in [1.82, 2.24) is 4.98 Å². The van der Waals surface area contributed by atoms with Gasteiger partial charge in [0, 0.05) is 18.0 Å². The first-order chi connectivity index (χ1) is 5.36. The van der Waals surface area contributed by atoms with Gasteiger partial charge in [-0.15, -0.1) is 0 Å². The fourth-order valence-electron chi connectivity index (χ4n) is 0.554. The van der Waals surface area contributed by atoms with Crippen molar-refractivity contribution in [3.05, 3.63) is 23.9 Å². The van der Waals surface area contributed by atoms with E-state index >= 15 is 0 Å². The van der Waals surface area contributed by atoms with Crippen LogP contribution in [0, 0.1) is 22.0 Å². The molecular weight excluding hydrogens is 158 g/mol. The third-order valence-corrected chi connectivity index (χ3v) is 1.56. The molecule has 0 N–H and O–H groups in total. The van der Waals surface area contributed by atoms with Crippen molar-refractivity contribution < 1.29 is 0 Å². The Kier molecular flexibility index (Phi) is 2.48. The number of thioether (sulfide) groups is 1. The molecule has 0 aliphatic rings. The van der Waals surface area contributed by atoms with E-state index in [1.54, 1.807) is 12.1 Å². The summed E-state index contributed by atoms with van der Waals surface area (Å²) in [4.78, 5) is 3.86. The van der Waals surface area contributed by atoms with Gasteiger partial charge >= 0.3 is 0 Å². The van der Waals surface area contributed by atoms with Crippen LogP contribution in [-0.4, -0.2) is 4.98 Å². The molecule has 1 aromatic heterocycles. The molecular formula is C7H3N3S. The van der Waals surface area contributed by atoms with Gasteiger partial charge in [0.2, 0.25) is 0 Å². The highest BCUT2D eigenvalue weighted by Crippen LogP contribution is 2.12. The summed E-state index contributed by atoms with van der Waals surface area (Å²) in [6.07, 6.45) is 1.44. The second kappa shape index (κ2) is 3.60. The fourth-order valence-corrected chi connectivity index (χ4v) is 0.889. The maximum atomic E-state index is 8.40. The van der Waals surface area contributed by atoms with Crippen LogP contribution < -0.4 is 0 Å². The van der Waals surface area contributed by atoms with Gasteiger partial charge in [0.05, 0.1) is 5.56 Å². The molecule has 0 amide bonds. The number of hydrogen-bond donors (Lipinski definition) is 0. The molecule has 52 valence electrons. The summed E-state index contributed by atoms with van der Waals surface area (Å²) in [5, 5.41) is 19.2. The first kappa shape index (κ1) is 7.59. The highest BCUT2D eigenvalue weighted by atomic mass is 32.2. The summed E-state index contributed by atoms with van der Waals surface area (Å²) in [5.74, 6) is 0. The quantitative estimate of drug-likeness (QED) is 0.463. The van der Waals surface area contributed by atoms with E-state index in [9.17, 15) is 0 Å². The number of hydrogen-bond acceptors (Lipinski definition) is 4. The van der Waals surface area contributed by atoms with Gasteiger partial charge in [-0.2, -0.15) is 10.5 Å². The number of rotatable bonds is 1. The van der Waals surface area contributed by atoms with Gasteiger partial charge in [-0.05, 0) is 12.1 Å². The van der Waals surface area contributed by atoms with E-state index in [1.165, 1.54) is 6.20 Å². The Morgan fingerprint density at radius 2 is 2.18 bits per heavy atom. The minimum atomic E-state index is 0.507. The van der Waals surface area contributed by atoms with Gasteiger partial charge in [-0.1, -0.05) is 0 Å². The first-order valence-corrected chi connectivity index (χ1v) is 3.60. The Bertz CT molecular complexity index is 317. The van der Waals surface area contributed by atoms with Crippen molar-refractivity contribution in [2.24, 2.45) is 0 Å². The molecule has 11 heavy (non-hydrogen) atoms. The molecule has 0 unspecified atom stereocenters. The lowest BCUT2D eigenvalue weighted by atomic mass is 10.3. The van der Waals surface area contributed by atoms with E-state index < -0.39 is 0 Å². The first-order valence-electron chi connectivity index (χ1n) is 2.79. The van der Waals surface area contributed by atoms with Crippen molar-refractivity contribution in [2.45, 2.75) is 5.03 Å². The van der Waals surface area contributed by atoms with E-state index in [2.05, 4.69) is 4.98 Å². The van der Waals surface area contributed by atoms with Gasteiger partial charge in [-0.25, -0.2) is 4.98 Å². The number of nitriles is 2. The number of nitrogens with zero attached hydrogens (tertiary/aromatic N) is 3. The molecule has 0 saturated carbocycles. The molecule has 3 nitrogen and oxygen atoms in total. The van der Waals surface area contributed by atoms with Gasteiger partial charge in [0.15, 0.2) is 0 Å². The Morgan fingerprint density at radius 1 is 1.36 bits per heavy atom. The fraction of sp³-hybridized carbons (Fsp3) is 0. The normalized spacial score (nSPS) is 8.18. The third-order valence-electron chi connectivity index (χ3n) is 1.02. The maximum absolute atomic E-state index is 8.40. The second-order valence-electron chi connectivity index (χ2n) is 1.69. The van der Waals surface area contributed by atoms with Crippen LogP contribution in [0.4, 0.5) is 0 Å². The molecule has 0 saturated heterocycles. The standard InChI is InChI=1S/C7H3N3S/c8-3-6-1-2-7(10-4-6)11-5-9/h1-2,4H. The summed E-state index contributed by atoms with van der Waals surface area (Å²) in [5.41, 5.74) is 0.507. The Labute approximate surface area is 68.3 Å². The molecule has 0 aromatic carbocycles. The van der Waals surface area contributed by atoms with Gasteiger partial charge < -0.3 is 0 Å². The monoisotopic (exact) mass is 161 g/mol. The highest BCUT2D eigenvalue weighted by Gasteiger charge is 1.93. The molecule has 0 bridgehead atoms. The van der Waals surface area contributed by atoms with Crippen LogP contribution in [0.3, 0.4) is 0 Å². The van der Waals surface area contributed by atoms with E-state index in [4.69, 9.17) is 10.5 Å². The zero-order valence-corrected chi connectivity index (χ0v) is 6.30. The lowest BCUT2D eigenvalue weighted by molar-refractivity contribution is 1.13. The molecule has 0 radical (unpaired) electrons. The van der Waals surface area contributed by atoms with E-state index in [1.807, 2.05) is 11.5 Å². The van der Waals surface area contributed by atoms with E-state index in [0.29, 0.717) is 10.6 Å². The van der Waals surface area contributed by atoms with Crippen molar-refractivity contribution >= 4 is 11.8 Å². The second-order valence-corrected chi connectivity index (χ2v) is 2.50. The van der Waals surface area contributed by atoms with E-state index in [0.717, 1.165) is 11.8 Å². The molecule has 0 spiro atoms. The molecule has 0 aliphatic carbocycles. The van der Waals surface area contributed by atoms with Crippen molar-refractivity contribution in [1.29, 1.82) is 10.5 Å². The van der Waals surface area contributed by atoms with E-state index in [-0.39, 0.29) is 0 Å². The van der Waals surface area contributed by atoms with Crippen LogP contribution >= 0.6 is 11.8 Å². The Morgan fingerprint density at radius 3 is 2.64 bits per heavy atom. The average molecular weight is 161 g/mol. The molecule has 0 aliphatic heterocycles. The minimum Gasteiger partial charge on any atom is -0.248 e. The average Bonchev–Trinajstić information content (AvgIpc) is 2.07. The largest absolute Gasteiger partial charge is 0.248 e. The highest BCUT2D eigenvalue weighted by molar-refractivity contribution is 8.03. The summed E-state index contributed by atoms with van der Waals surface area (Å²) in [6, 6.07) is 5.22. The van der Waals surface area contributed by atoms with Crippen LogP contribution in [0.2, 0.25) is 0 Å². The third kappa shape index (κ3) is 1.96. The summed E-state index contributed by atoms with van der Waals surface area (Å²) in [7, 11) is 0. The van der Waals surface area contributed by atoms with Crippen LogP contribution in [-0.2, 0) is 0 Å². The number of aromatic nitrogens is 1. The smallest absolute Gasteiger partial charge is 0.140 e. The van der Waals surface area contributed by atoms with Gasteiger partial charge in [-0.3, -0.25) is 0 Å². The topological polar surface area (TPSA) is 60.5 Å². The minimum absolute atomic E-state index is 0.507. The van der Waals surface area contributed by atoms with Crippen LogP contribution in [0.15, 0.2) is 23.4 Å². The number of thiocyanates is 1. The molecule has 1 heterocycles.